The zero-order chi connectivity index (χ0) is 10.0. The van der Waals surface area contributed by atoms with Gasteiger partial charge in [-0.2, -0.15) is 0 Å². The van der Waals surface area contributed by atoms with Gasteiger partial charge in [-0.15, -0.1) is 0 Å². The van der Waals surface area contributed by atoms with Gasteiger partial charge in [0.25, 0.3) is 5.91 Å². The fraction of sp³-hybridized carbons (Fsp3) is 0.222. The molecule has 0 bridgehead atoms. The normalized spacial score (nSPS) is 9.69. The number of carbonyl (C=O) groups is 1. The zero-order valence-electron chi connectivity index (χ0n) is 7.61. The molecule has 0 saturated heterocycles. The average molecular weight is 180 g/mol. The van der Waals surface area contributed by atoms with E-state index in [1.165, 1.54) is 6.07 Å². The third kappa shape index (κ3) is 1.72. The van der Waals surface area contributed by atoms with E-state index in [4.69, 9.17) is 5.73 Å². The van der Waals surface area contributed by atoms with Crippen LogP contribution in [0.3, 0.4) is 0 Å². The van der Waals surface area contributed by atoms with Crippen LogP contribution in [0.25, 0.3) is 0 Å². The number of phenols is 1. The van der Waals surface area contributed by atoms with Crippen LogP contribution in [0.15, 0.2) is 18.2 Å². The minimum Gasteiger partial charge on any atom is -0.506 e. The van der Waals surface area contributed by atoms with E-state index in [-0.39, 0.29) is 5.75 Å². The average Bonchev–Trinajstić information content (AvgIpc) is 2.02. The van der Waals surface area contributed by atoms with Gasteiger partial charge in [0.05, 0.1) is 11.3 Å². The molecule has 0 aliphatic rings. The molecular weight excluding hydrogens is 168 g/mol. The van der Waals surface area contributed by atoms with Crippen molar-refractivity contribution in [1.29, 1.82) is 0 Å². The molecule has 0 saturated carbocycles. The van der Waals surface area contributed by atoms with Gasteiger partial charge in [0.15, 0.2) is 0 Å². The van der Waals surface area contributed by atoms with Crippen molar-refractivity contribution >= 4 is 11.6 Å². The van der Waals surface area contributed by atoms with Crippen LogP contribution in [0.4, 0.5) is 5.69 Å². The van der Waals surface area contributed by atoms with Gasteiger partial charge in [-0.05, 0) is 12.1 Å². The highest BCUT2D eigenvalue weighted by atomic mass is 16.3. The highest BCUT2D eigenvalue weighted by Crippen LogP contribution is 2.28. The van der Waals surface area contributed by atoms with Gasteiger partial charge in [-0.1, -0.05) is 6.07 Å². The SMILES string of the molecule is CN(C)c1c(O)cccc1C(N)=O. The van der Waals surface area contributed by atoms with E-state index in [1.54, 1.807) is 31.1 Å². The topological polar surface area (TPSA) is 66.6 Å². The Morgan fingerprint density at radius 3 is 2.46 bits per heavy atom. The molecule has 1 amide bonds. The maximum absolute atomic E-state index is 11.0. The van der Waals surface area contributed by atoms with Crippen molar-refractivity contribution in [3.8, 4) is 5.75 Å². The number of primary amides is 1. The number of aromatic hydroxyl groups is 1. The number of amides is 1. The molecule has 4 heteroatoms. The molecule has 0 radical (unpaired) electrons. The Labute approximate surface area is 76.6 Å². The highest BCUT2D eigenvalue weighted by molar-refractivity contribution is 5.99. The lowest BCUT2D eigenvalue weighted by Crippen LogP contribution is -2.18. The Balaban J connectivity index is 3.34. The first kappa shape index (κ1) is 9.38. The number of nitrogens with zero attached hydrogens (tertiary/aromatic N) is 1. The molecule has 0 aromatic heterocycles. The van der Waals surface area contributed by atoms with Gasteiger partial charge in [-0.3, -0.25) is 4.79 Å². The second-order valence-corrected chi connectivity index (χ2v) is 2.93. The smallest absolute Gasteiger partial charge is 0.250 e. The number of hydrogen-bond donors (Lipinski definition) is 2. The molecule has 13 heavy (non-hydrogen) atoms. The van der Waals surface area contributed by atoms with Crippen molar-refractivity contribution in [2.75, 3.05) is 19.0 Å². The lowest BCUT2D eigenvalue weighted by Gasteiger charge is -2.16. The summed E-state index contributed by atoms with van der Waals surface area (Å²) >= 11 is 0. The first-order valence-corrected chi connectivity index (χ1v) is 3.83. The summed E-state index contributed by atoms with van der Waals surface area (Å²) in [5.74, 6) is -0.485. The maximum atomic E-state index is 11.0. The van der Waals surface area contributed by atoms with E-state index in [0.29, 0.717) is 11.3 Å². The second kappa shape index (κ2) is 3.35. The third-order valence-corrected chi connectivity index (χ3v) is 1.73. The molecule has 0 spiro atoms. The van der Waals surface area contributed by atoms with Crippen LogP contribution in [0, 0.1) is 0 Å². The zero-order valence-corrected chi connectivity index (χ0v) is 7.61. The Kier molecular flexibility index (Phi) is 2.41. The summed E-state index contributed by atoms with van der Waals surface area (Å²) in [6, 6.07) is 4.68. The summed E-state index contributed by atoms with van der Waals surface area (Å²) in [6.45, 7) is 0. The second-order valence-electron chi connectivity index (χ2n) is 2.93. The number of benzene rings is 1. The number of rotatable bonds is 2. The van der Waals surface area contributed by atoms with Crippen molar-refractivity contribution in [2.24, 2.45) is 5.73 Å². The molecule has 0 aliphatic heterocycles. The number of para-hydroxylation sites is 1. The maximum Gasteiger partial charge on any atom is 0.250 e. The molecule has 70 valence electrons. The molecule has 4 nitrogen and oxygen atoms in total. The van der Waals surface area contributed by atoms with Gasteiger partial charge in [0.2, 0.25) is 0 Å². The van der Waals surface area contributed by atoms with E-state index < -0.39 is 5.91 Å². The lowest BCUT2D eigenvalue weighted by molar-refractivity contribution is 0.100. The van der Waals surface area contributed by atoms with Gasteiger partial charge in [0, 0.05) is 14.1 Å². The number of nitrogens with two attached hydrogens (primary N) is 1. The fourth-order valence-electron chi connectivity index (χ4n) is 1.20. The summed E-state index contributed by atoms with van der Waals surface area (Å²) in [5, 5.41) is 9.46. The van der Waals surface area contributed by atoms with Crippen molar-refractivity contribution < 1.29 is 9.90 Å². The van der Waals surface area contributed by atoms with Gasteiger partial charge < -0.3 is 15.7 Å². The Hall–Kier alpha value is -1.71. The summed E-state index contributed by atoms with van der Waals surface area (Å²) in [5.41, 5.74) is 5.92. The predicted molar refractivity (Wildman–Crippen MR) is 51.0 cm³/mol. The largest absolute Gasteiger partial charge is 0.506 e. The molecule has 0 aliphatic carbocycles. The first-order valence-electron chi connectivity index (χ1n) is 3.83. The molecule has 1 aromatic rings. The van der Waals surface area contributed by atoms with Gasteiger partial charge >= 0.3 is 0 Å². The molecular formula is C9H12N2O2. The minimum absolute atomic E-state index is 0.0568. The monoisotopic (exact) mass is 180 g/mol. The third-order valence-electron chi connectivity index (χ3n) is 1.73. The Morgan fingerprint density at radius 2 is 2.08 bits per heavy atom. The number of hydrogen-bond acceptors (Lipinski definition) is 3. The van der Waals surface area contributed by atoms with E-state index in [0.717, 1.165) is 0 Å². The Morgan fingerprint density at radius 1 is 1.46 bits per heavy atom. The fourth-order valence-corrected chi connectivity index (χ4v) is 1.20. The summed E-state index contributed by atoms with van der Waals surface area (Å²) in [7, 11) is 3.48. The van der Waals surface area contributed by atoms with Crippen LogP contribution in [0.5, 0.6) is 5.75 Å². The van der Waals surface area contributed by atoms with Crippen LogP contribution in [0.2, 0.25) is 0 Å². The van der Waals surface area contributed by atoms with E-state index in [2.05, 4.69) is 0 Å². The molecule has 0 heterocycles. The molecule has 3 N–H and O–H groups in total. The van der Waals surface area contributed by atoms with E-state index >= 15 is 0 Å². The van der Waals surface area contributed by atoms with Crippen molar-refractivity contribution in [1.82, 2.24) is 0 Å². The van der Waals surface area contributed by atoms with Crippen LogP contribution >= 0.6 is 0 Å². The van der Waals surface area contributed by atoms with Crippen molar-refractivity contribution in [3.05, 3.63) is 23.8 Å². The summed E-state index contributed by atoms with van der Waals surface area (Å²) < 4.78 is 0. The molecule has 0 atom stereocenters. The Bertz CT molecular complexity index is 334. The van der Waals surface area contributed by atoms with Crippen molar-refractivity contribution in [2.45, 2.75) is 0 Å². The lowest BCUT2D eigenvalue weighted by atomic mass is 10.1. The van der Waals surface area contributed by atoms with Crippen LogP contribution in [-0.4, -0.2) is 25.1 Å². The van der Waals surface area contributed by atoms with Crippen LogP contribution in [0.1, 0.15) is 10.4 Å². The predicted octanol–water partition coefficient (Wildman–Crippen LogP) is 0.557. The van der Waals surface area contributed by atoms with Crippen molar-refractivity contribution in [3.63, 3.8) is 0 Å². The summed E-state index contributed by atoms with van der Waals surface area (Å²) in [6.07, 6.45) is 0. The number of phenolic OH excluding ortho intramolecular Hbond substituents is 1. The van der Waals surface area contributed by atoms with Crippen LogP contribution in [-0.2, 0) is 0 Å². The number of anilines is 1. The van der Waals surface area contributed by atoms with Gasteiger partial charge in [0.1, 0.15) is 5.75 Å². The van der Waals surface area contributed by atoms with E-state index in [1.807, 2.05) is 0 Å². The molecule has 1 aromatic carbocycles. The molecule has 1 rings (SSSR count). The standard InChI is InChI=1S/C9H12N2O2/c1-11(2)8-6(9(10)13)4-3-5-7(8)12/h3-5,12H,1-2H3,(H2,10,13). The molecule has 0 unspecified atom stereocenters. The number of carbonyl (C=O) groups excluding carboxylic acids is 1. The quantitative estimate of drug-likeness (QED) is 0.698. The highest BCUT2D eigenvalue weighted by Gasteiger charge is 2.12. The van der Waals surface area contributed by atoms with Gasteiger partial charge in [-0.25, -0.2) is 0 Å². The summed E-state index contributed by atoms with van der Waals surface area (Å²) in [4.78, 5) is 12.6. The minimum atomic E-state index is -0.542. The molecule has 0 fully saturated rings. The van der Waals surface area contributed by atoms with E-state index in [9.17, 15) is 9.90 Å². The first-order chi connectivity index (χ1) is 6.04. The van der Waals surface area contributed by atoms with Crippen LogP contribution < -0.4 is 10.6 Å².